The molecule has 0 radical (unpaired) electrons. The van der Waals surface area contributed by atoms with Crippen LogP contribution in [-0.4, -0.2) is 37.2 Å². The highest BCUT2D eigenvalue weighted by Gasteiger charge is 2.19. The van der Waals surface area contributed by atoms with E-state index in [0.29, 0.717) is 19.3 Å². The molecule has 474 valence electrons. The van der Waals surface area contributed by atoms with Gasteiger partial charge in [0.1, 0.15) is 13.2 Å². The van der Waals surface area contributed by atoms with Crippen molar-refractivity contribution in [2.45, 2.75) is 367 Å². The lowest BCUT2D eigenvalue weighted by atomic mass is 10.0. The summed E-state index contributed by atoms with van der Waals surface area (Å²) < 4.78 is 16.8. The van der Waals surface area contributed by atoms with E-state index < -0.39 is 6.10 Å². The minimum atomic E-state index is -0.805. The summed E-state index contributed by atoms with van der Waals surface area (Å²) in [4.78, 5) is 38.1. The molecule has 1 atom stereocenters. The van der Waals surface area contributed by atoms with Crippen molar-refractivity contribution in [2.24, 2.45) is 0 Å². The van der Waals surface area contributed by atoms with Crippen molar-refractivity contribution >= 4 is 17.9 Å². The molecule has 0 saturated carbocycles. The zero-order valence-corrected chi connectivity index (χ0v) is 54.5. The lowest BCUT2D eigenvalue weighted by molar-refractivity contribution is -0.167. The van der Waals surface area contributed by atoms with E-state index in [4.69, 9.17) is 14.2 Å². The molecule has 0 rings (SSSR count). The Morgan fingerprint density at radius 1 is 0.256 bits per heavy atom. The third-order valence-corrected chi connectivity index (χ3v) is 15.7. The van der Waals surface area contributed by atoms with Crippen molar-refractivity contribution in [3.8, 4) is 0 Å². The minimum Gasteiger partial charge on any atom is -0.462 e. The van der Waals surface area contributed by atoms with Crippen LogP contribution in [0.25, 0.3) is 0 Å². The lowest BCUT2D eigenvalue weighted by Gasteiger charge is -2.18. The number of allylic oxidation sites excluding steroid dienone is 14. The first kappa shape index (κ1) is 78.6. The topological polar surface area (TPSA) is 78.9 Å². The fraction of sp³-hybridized carbons (Fsp3) is 0.776. The molecule has 6 nitrogen and oxygen atoms in total. The lowest BCUT2D eigenvalue weighted by Crippen LogP contribution is -2.30. The molecule has 0 aromatic rings. The number of carbonyl (C=O) groups excluding carboxylic acids is 3. The SMILES string of the molecule is CC/C=C\C/C=C\C/C=C\C/C=C\C/C=C\C/C=C\C/C=C\CCCC(=O)OC(COC(=O)CCCCCCCCC)COC(=O)CCCCCCCCCCCCCCCCCCCCCCCCCCCCCCCCCCCC. The molecule has 0 aromatic heterocycles. The number of ether oxygens (including phenoxy) is 3. The smallest absolute Gasteiger partial charge is 0.306 e. The van der Waals surface area contributed by atoms with Gasteiger partial charge in [0.2, 0.25) is 0 Å². The van der Waals surface area contributed by atoms with Gasteiger partial charge in [-0.2, -0.15) is 0 Å². The van der Waals surface area contributed by atoms with Gasteiger partial charge in [-0.3, -0.25) is 14.4 Å². The third-order valence-electron chi connectivity index (χ3n) is 15.7. The molecule has 0 aliphatic rings. The van der Waals surface area contributed by atoms with Crippen molar-refractivity contribution in [3.05, 3.63) is 85.1 Å². The standard InChI is InChI=1S/C76H134O6/c1-4-7-10-13-16-18-20-22-24-26-28-30-32-33-34-35-36-37-38-39-40-41-42-44-45-47-49-51-53-55-57-60-63-66-69-75(78)81-72-73(71-80-74(77)68-65-62-59-15-12-9-6-3)82-76(79)70-67-64-61-58-56-54-52-50-48-46-43-31-29-27-25-23-21-19-17-14-11-8-5-2/h8,11,17,19,23,25,29,31,46,48,52,54,58,61,73H,4-7,9-10,12-16,18,20-22,24,26-28,30,32-45,47,49-51,53,55-57,59-60,62-72H2,1-3H3/b11-8-,19-17-,25-23-,31-29-,48-46-,54-52-,61-58-. The van der Waals surface area contributed by atoms with E-state index in [1.54, 1.807) is 0 Å². The predicted molar refractivity (Wildman–Crippen MR) is 358 cm³/mol. The van der Waals surface area contributed by atoms with Gasteiger partial charge in [0.05, 0.1) is 0 Å². The Morgan fingerprint density at radius 2 is 0.476 bits per heavy atom. The maximum absolute atomic E-state index is 12.8. The van der Waals surface area contributed by atoms with Crippen LogP contribution >= 0.6 is 0 Å². The molecule has 6 heteroatoms. The van der Waals surface area contributed by atoms with Crippen LogP contribution in [0.1, 0.15) is 361 Å². The number of esters is 3. The molecule has 0 heterocycles. The van der Waals surface area contributed by atoms with E-state index in [2.05, 4.69) is 106 Å². The maximum Gasteiger partial charge on any atom is 0.306 e. The molecular formula is C76H134O6. The minimum absolute atomic E-state index is 0.0964. The van der Waals surface area contributed by atoms with Crippen LogP contribution in [0.2, 0.25) is 0 Å². The fourth-order valence-corrected chi connectivity index (χ4v) is 10.4. The Labute approximate surface area is 509 Å². The molecule has 82 heavy (non-hydrogen) atoms. The van der Waals surface area contributed by atoms with Crippen LogP contribution < -0.4 is 0 Å². The van der Waals surface area contributed by atoms with Crippen LogP contribution in [0.15, 0.2) is 85.1 Å². The summed E-state index contributed by atoms with van der Waals surface area (Å²) >= 11 is 0. The van der Waals surface area contributed by atoms with E-state index in [0.717, 1.165) is 89.9 Å². The number of unbranched alkanes of at least 4 members (excludes halogenated alkanes) is 40. The highest BCUT2D eigenvalue weighted by molar-refractivity contribution is 5.71. The van der Waals surface area contributed by atoms with Crippen LogP contribution in [0, 0.1) is 0 Å². The van der Waals surface area contributed by atoms with E-state index in [-0.39, 0.29) is 37.5 Å². The first-order valence-corrected chi connectivity index (χ1v) is 35.6. The zero-order chi connectivity index (χ0) is 59.2. The Kier molecular flexibility index (Phi) is 67.2. The summed E-state index contributed by atoms with van der Waals surface area (Å²) in [6, 6.07) is 0. The van der Waals surface area contributed by atoms with Gasteiger partial charge in [-0.15, -0.1) is 0 Å². The molecule has 0 aliphatic heterocycles. The normalized spacial score (nSPS) is 12.6. The Hall–Kier alpha value is -3.41. The molecule has 0 aliphatic carbocycles. The summed E-state index contributed by atoms with van der Waals surface area (Å²) in [5, 5.41) is 0. The second kappa shape index (κ2) is 70.1. The van der Waals surface area contributed by atoms with Crippen molar-refractivity contribution < 1.29 is 28.6 Å². The largest absolute Gasteiger partial charge is 0.462 e. The van der Waals surface area contributed by atoms with E-state index in [9.17, 15) is 14.4 Å². The van der Waals surface area contributed by atoms with Crippen molar-refractivity contribution in [2.75, 3.05) is 13.2 Å². The van der Waals surface area contributed by atoms with Crippen molar-refractivity contribution in [3.63, 3.8) is 0 Å². The predicted octanol–water partition coefficient (Wildman–Crippen LogP) is 24.6. The van der Waals surface area contributed by atoms with E-state index in [1.807, 2.05) is 0 Å². The summed E-state index contributed by atoms with van der Waals surface area (Å²) in [6.07, 6.45) is 93.9. The van der Waals surface area contributed by atoms with Crippen LogP contribution in [0.3, 0.4) is 0 Å². The molecule has 0 fully saturated rings. The summed E-state index contributed by atoms with van der Waals surface area (Å²) in [6.45, 7) is 6.48. The van der Waals surface area contributed by atoms with Gasteiger partial charge in [0.15, 0.2) is 6.10 Å². The van der Waals surface area contributed by atoms with Gasteiger partial charge >= 0.3 is 17.9 Å². The van der Waals surface area contributed by atoms with Gasteiger partial charge < -0.3 is 14.2 Å². The Balaban J connectivity index is 4.05. The van der Waals surface area contributed by atoms with E-state index >= 15 is 0 Å². The number of rotatable bonds is 65. The highest BCUT2D eigenvalue weighted by atomic mass is 16.6. The zero-order valence-electron chi connectivity index (χ0n) is 54.5. The Morgan fingerprint density at radius 3 is 0.732 bits per heavy atom. The first-order valence-electron chi connectivity index (χ1n) is 35.6. The van der Waals surface area contributed by atoms with Crippen molar-refractivity contribution in [1.29, 1.82) is 0 Å². The summed E-state index contributed by atoms with van der Waals surface area (Å²) in [7, 11) is 0. The number of hydrogen-bond acceptors (Lipinski definition) is 6. The maximum atomic E-state index is 12.8. The average Bonchev–Trinajstić information content (AvgIpc) is 3.48. The molecule has 0 saturated heterocycles. The molecule has 1 unspecified atom stereocenters. The monoisotopic (exact) mass is 1140 g/mol. The van der Waals surface area contributed by atoms with Crippen LogP contribution in [0.4, 0.5) is 0 Å². The van der Waals surface area contributed by atoms with Gasteiger partial charge in [-0.1, -0.05) is 356 Å². The van der Waals surface area contributed by atoms with Gasteiger partial charge in [-0.05, 0) is 70.6 Å². The summed E-state index contributed by atoms with van der Waals surface area (Å²) in [5.74, 6) is -0.950. The average molecular weight is 1140 g/mol. The summed E-state index contributed by atoms with van der Waals surface area (Å²) in [5.41, 5.74) is 0. The number of hydrogen-bond donors (Lipinski definition) is 0. The molecular weight excluding hydrogens is 1010 g/mol. The van der Waals surface area contributed by atoms with E-state index in [1.165, 1.54) is 225 Å². The second-order valence-electron chi connectivity index (χ2n) is 23.8. The van der Waals surface area contributed by atoms with Crippen LogP contribution in [0.5, 0.6) is 0 Å². The molecule has 0 spiro atoms. The quantitative estimate of drug-likeness (QED) is 0.0261. The number of carbonyl (C=O) groups is 3. The highest BCUT2D eigenvalue weighted by Crippen LogP contribution is 2.18. The van der Waals surface area contributed by atoms with Gasteiger partial charge in [0, 0.05) is 19.3 Å². The first-order chi connectivity index (χ1) is 40.5. The third kappa shape index (κ3) is 67.4. The molecule has 0 amide bonds. The van der Waals surface area contributed by atoms with Gasteiger partial charge in [-0.25, -0.2) is 0 Å². The molecule has 0 aromatic carbocycles. The van der Waals surface area contributed by atoms with Crippen molar-refractivity contribution in [1.82, 2.24) is 0 Å². The fourth-order valence-electron chi connectivity index (χ4n) is 10.4. The Bertz CT molecular complexity index is 1550. The molecule has 0 N–H and O–H groups in total. The second-order valence-corrected chi connectivity index (χ2v) is 23.8. The molecule has 0 bridgehead atoms. The van der Waals surface area contributed by atoms with Gasteiger partial charge in [0.25, 0.3) is 0 Å². The van der Waals surface area contributed by atoms with Crippen LogP contribution in [-0.2, 0) is 28.6 Å².